The van der Waals surface area contributed by atoms with E-state index < -0.39 is 0 Å². The summed E-state index contributed by atoms with van der Waals surface area (Å²) < 4.78 is 0. The quantitative estimate of drug-likeness (QED) is 0.684. The molecule has 0 aliphatic carbocycles. The Morgan fingerprint density at radius 2 is 2.00 bits per heavy atom. The Labute approximate surface area is 73.4 Å². The molecule has 12 heavy (non-hydrogen) atoms. The van der Waals surface area contributed by atoms with Crippen LogP contribution in [0, 0.1) is 0 Å². The average Bonchev–Trinajstić information content (AvgIpc) is 2.15. The highest BCUT2D eigenvalue weighted by atomic mass is 15.5. The van der Waals surface area contributed by atoms with Crippen LogP contribution in [0.4, 0.5) is 5.69 Å². The number of hydrazine groups is 1. The van der Waals surface area contributed by atoms with Crippen LogP contribution in [-0.4, -0.2) is 18.1 Å². The van der Waals surface area contributed by atoms with Gasteiger partial charge in [-0.25, -0.2) is 5.43 Å². The van der Waals surface area contributed by atoms with E-state index in [1.807, 2.05) is 12.1 Å². The number of hydrogen-bond donors (Lipinski definition) is 1. The SMILES string of the molecule is CCNN(CC)c1ccncc1. The van der Waals surface area contributed by atoms with Crippen molar-refractivity contribution in [2.45, 2.75) is 13.8 Å². The average molecular weight is 165 g/mol. The standard InChI is InChI=1S/C9H15N3/c1-3-11-12(4-2)9-5-7-10-8-6-9/h5-8,11H,3-4H2,1-2H3. The lowest BCUT2D eigenvalue weighted by Gasteiger charge is -2.22. The second-order valence-electron chi connectivity index (χ2n) is 2.46. The molecular formula is C9H15N3. The molecule has 0 radical (unpaired) electrons. The lowest BCUT2D eigenvalue weighted by atomic mass is 10.4. The molecule has 0 saturated heterocycles. The highest BCUT2D eigenvalue weighted by Crippen LogP contribution is 2.08. The summed E-state index contributed by atoms with van der Waals surface area (Å²) in [5.74, 6) is 0. The van der Waals surface area contributed by atoms with Gasteiger partial charge < -0.3 is 5.01 Å². The molecule has 0 spiro atoms. The maximum atomic E-state index is 3.97. The van der Waals surface area contributed by atoms with Crippen molar-refractivity contribution >= 4 is 5.69 Å². The number of rotatable bonds is 4. The number of pyridine rings is 1. The van der Waals surface area contributed by atoms with Crippen LogP contribution in [0.15, 0.2) is 24.5 Å². The van der Waals surface area contributed by atoms with Crippen LogP contribution in [0.3, 0.4) is 0 Å². The molecule has 1 rings (SSSR count). The van der Waals surface area contributed by atoms with Gasteiger partial charge in [0.1, 0.15) is 0 Å². The van der Waals surface area contributed by atoms with Gasteiger partial charge >= 0.3 is 0 Å². The molecule has 1 aromatic heterocycles. The first-order valence-corrected chi connectivity index (χ1v) is 4.29. The molecule has 3 heteroatoms. The second-order valence-corrected chi connectivity index (χ2v) is 2.46. The summed E-state index contributed by atoms with van der Waals surface area (Å²) in [6, 6.07) is 3.98. The maximum absolute atomic E-state index is 3.97. The van der Waals surface area contributed by atoms with Crippen molar-refractivity contribution in [3.63, 3.8) is 0 Å². The molecular weight excluding hydrogens is 150 g/mol. The van der Waals surface area contributed by atoms with Crippen molar-refractivity contribution in [1.29, 1.82) is 0 Å². The third-order valence-corrected chi connectivity index (χ3v) is 1.64. The summed E-state index contributed by atoms with van der Waals surface area (Å²) in [6.45, 7) is 6.10. The van der Waals surface area contributed by atoms with E-state index in [1.54, 1.807) is 12.4 Å². The molecule has 0 aromatic carbocycles. The Kier molecular flexibility index (Phi) is 3.54. The highest BCUT2D eigenvalue weighted by molar-refractivity contribution is 5.42. The van der Waals surface area contributed by atoms with Gasteiger partial charge in [-0.1, -0.05) is 6.92 Å². The first kappa shape index (κ1) is 9.00. The number of aromatic nitrogens is 1. The van der Waals surface area contributed by atoms with Crippen LogP contribution in [0.5, 0.6) is 0 Å². The van der Waals surface area contributed by atoms with Crippen LogP contribution in [-0.2, 0) is 0 Å². The fourth-order valence-corrected chi connectivity index (χ4v) is 1.10. The van der Waals surface area contributed by atoms with Crippen molar-refractivity contribution in [1.82, 2.24) is 10.4 Å². The number of nitrogens with zero attached hydrogens (tertiary/aromatic N) is 2. The molecule has 66 valence electrons. The van der Waals surface area contributed by atoms with Gasteiger partial charge in [0.15, 0.2) is 0 Å². The molecule has 0 fully saturated rings. The van der Waals surface area contributed by atoms with Crippen LogP contribution < -0.4 is 10.4 Å². The molecule has 1 N–H and O–H groups in total. The monoisotopic (exact) mass is 165 g/mol. The summed E-state index contributed by atoms with van der Waals surface area (Å²) in [7, 11) is 0. The zero-order chi connectivity index (χ0) is 8.81. The predicted molar refractivity (Wildman–Crippen MR) is 50.9 cm³/mol. The van der Waals surface area contributed by atoms with E-state index in [1.165, 1.54) is 0 Å². The van der Waals surface area contributed by atoms with Crippen LogP contribution in [0.1, 0.15) is 13.8 Å². The van der Waals surface area contributed by atoms with Crippen molar-refractivity contribution in [2.75, 3.05) is 18.1 Å². The van der Waals surface area contributed by atoms with E-state index >= 15 is 0 Å². The van der Waals surface area contributed by atoms with Gasteiger partial charge in [0.05, 0.1) is 5.69 Å². The predicted octanol–water partition coefficient (Wildman–Crippen LogP) is 1.43. The Morgan fingerprint density at radius 3 is 2.50 bits per heavy atom. The molecule has 0 bridgehead atoms. The summed E-state index contributed by atoms with van der Waals surface area (Å²) in [6.07, 6.45) is 3.60. The number of nitrogens with one attached hydrogen (secondary N) is 1. The molecule has 0 saturated carbocycles. The van der Waals surface area contributed by atoms with E-state index in [0.717, 1.165) is 18.8 Å². The third kappa shape index (κ3) is 2.20. The first-order valence-electron chi connectivity index (χ1n) is 4.29. The Balaban J connectivity index is 2.66. The highest BCUT2D eigenvalue weighted by Gasteiger charge is 1.99. The Hall–Kier alpha value is -1.09. The summed E-state index contributed by atoms with van der Waals surface area (Å²) in [4.78, 5) is 3.97. The Morgan fingerprint density at radius 1 is 1.33 bits per heavy atom. The molecule has 3 nitrogen and oxygen atoms in total. The summed E-state index contributed by atoms with van der Waals surface area (Å²) in [5.41, 5.74) is 4.42. The molecule has 0 atom stereocenters. The van der Waals surface area contributed by atoms with Crippen LogP contribution in [0.2, 0.25) is 0 Å². The van der Waals surface area contributed by atoms with Crippen molar-refractivity contribution in [2.24, 2.45) is 0 Å². The van der Waals surface area contributed by atoms with E-state index in [2.05, 4.69) is 29.3 Å². The molecule has 0 unspecified atom stereocenters. The minimum atomic E-state index is 0.941. The summed E-state index contributed by atoms with van der Waals surface area (Å²) in [5, 5.41) is 2.10. The molecule has 1 heterocycles. The van der Waals surface area contributed by atoms with Gasteiger partial charge in [-0.05, 0) is 19.1 Å². The summed E-state index contributed by atoms with van der Waals surface area (Å²) >= 11 is 0. The van der Waals surface area contributed by atoms with Crippen molar-refractivity contribution < 1.29 is 0 Å². The smallest absolute Gasteiger partial charge is 0.0550 e. The van der Waals surface area contributed by atoms with Crippen LogP contribution in [0.25, 0.3) is 0 Å². The minimum Gasteiger partial charge on any atom is -0.309 e. The van der Waals surface area contributed by atoms with Gasteiger partial charge in [0, 0.05) is 25.5 Å². The van der Waals surface area contributed by atoms with Gasteiger partial charge in [0.25, 0.3) is 0 Å². The second kappa shape index (κ2) is 4.72. The minimum absolute atomic E-state index is 0.941. The van der Waals surface area contributed by atoms with E-state index in [4.69, 9.17) is 0 Å². The normalized spacial score (nSPS) is 9.83. The van der Waals surface area contributed by atoms with Gasteiger partial charge in [-0.15, -0.1) is 0 Å². The maximum Gasteiger partial charge on any atom is 0.0550 e. The fourth-order valence-electron chi connectivity index (χ4n) is 1.10. The van der Waals surface area contributed by atoms with E-state index in [9.17, 15) is 0 Å². The lowest BCUT2D eigenvalue weighted by Crippen LogP contribution is -2.37. The largest absolute Gasteiger partial charge is 0.309 e. The van der Waals surface area contributed by atoms with Crippen molar-refractivity contribution in [3.05, 3.63) is 24.5 Å². The van der Waals surface area contributed by atoms with Crippen LogP contribution >= 0.6 is 0 Å². The molecule has 0 amide bonds. The van der Waals surface area contributed by atoms with Gasteiger partial charge in [0.2, 0.25) is 0 Å². The van der Waals surface area contributed by atoms with E-state index in [0.29, 0.717) is 0 Å². The topological polar surface area (TPSA) is 28.2 Å². The zero-order valence-electron chi connectivity index (χ0n) is 7.62. The molecule has 0 aliphatic heterocycles. The fraction of sp³-hybridized carbons (Fsp3) is 0.444. The zero-order valence-corrected chi connectivity index (χ0v) is 7.62. The van der Waals surface area contributed by atoms with Gasteiger partial charge in [-0.2, -0.15) is 0 Å². The number of hydrogen-bond acceptors (Lipinski definition) is 3. The van der Waals surface area contributed by atoms with E-state index in [-0.39, 0.29) is 0 Å². The Bertz CT molecular complexity index is 210. The first-order chi connectivity index (χ1) is 5.88. The van der Waals surface area contributed by atoms with Gasteiger partial charge in [-0.3, -0.25) is 4.98 Å². The molecule has 0 aliphatic rings. The number of anilines is 1. The molecule has 1 aromatic rings. The van der Waals surface area contributed by atoms with Crippen molar-refractivity contribution in [3.8, 4) is 0 Å². The third-order valence-electron chi connectivity index (χ3n) is 1.64. The lowest BCUT2D eigenvalue weighted by molar-refractivity contribution is 0.663.